The van der Waals surface area contributed by atoms with Crippen molar-refractivity contribution in [2.24, 2.45) is 5.73 Å². The van der Waals surface area contributed by atoms with Crippen LogP contribution in [-0.4, -0.2) is 42.8 Å². The van der Waals surface area contributed by atoms with Crippen LogP contribution in [0.4, 0.5) is 0 Å². The van der Waals surface area contributed by atoms with Gasteiger partial charge in [0.1, 0.15) is 5.75 Å². The SMILES string of the molecule is Cl.Cl.Cl.N=C(N)C(=N)NCCCOc1cccc(CN2CCCCC2)c1. The van der Waals surface area contributed by atoms with E-state index in [2.05, 4.69) is 22.3 Å². The molecular formula is C17H30Cl3N5O. The number of hydrogen-bond donors (Lipinski definition) is 4. The maximum atomic E-state index is 7.39. The first-order chi connectivity index (χ1) is 11.1. The fourth-order valence-corrected chi connectivity index (χ4v) is 2.68. The number of likely N-dealkylation sites (tertiary alicyclic amines) is 1. The maximum absolute atomic E-state index is 7.39. The van der Waals surface area contributed by atoms with Crippen molar-refractivity contribution in [2.75, 3.05) is 26.2 Å². The third-order valence-corrected chi connectivity index (χ3v) is 3.91. The average molecular weight is 427 g/mol. The summed E-state index contributed by atoms with van der Waals surface area (Å²) >= 11 is 0. The first-order valence-electron chi connectivity index (χ1n) is 8.26. The first-order valence-corrected chi connectivity index (χ1v) is 8.26. The zero-order valence-corrected chi connectivity index (χ0v) is 17.3. The zero-order chi connectivity index (χ0) is 16.5. The van der Waals surface area contributed by atoms with E-state index in [1.165, 1.54) is 37.9 Å². The normalized spacial score (nSPS) is 13.4. The number of ether oxygens (including phenoxy) is 1. The van der Waals surface area contributed by atoms with Gasteiger partial charge >= 0.3 is 0 Å². The summed E-state index contributed by atoms with van der Waals surface area (Å²) in [6.45, 7) is 4.53. The Hall–Kier alpha value is -1.21. The summed E-state index contributed by atoms with van der Waals surface area (Å²) in [5.74, 6) is 0.617. The quantitative estimate of drug-likeness (QED) is 0.306. The van der Waals surface area contributed by atoms with Gasteiger partial charge in [-0.05, 0) is 50.0 Å². The smallest absolute Gasteiger partial charge is 0.160 e. The van der Waals surface area contributed by atoms with E-state index in [4.69, 9.17) is 21.3 Å². The lowest BCUT2D eigenvalue weighted by Crippen LogP contribution is -2.35. The highest BCUT2D eigenvalue weighted by atomic mass is 35.5. The van der Waals surface area contributed by atoms with Crippen LogP contribution in [-0.2, 0) is 6.54 Å². The van der Waals surface area contributed by atoms with E-state index in [1.807, 2.05) is 12.1 Å². The summed E-state index contributed by atoms with van der Waals surface area (Å²) in [4.78, 5) is 2.50. The fraction of sp³-hybridized carbons (Fsp3) is 0.529. The van der Waals surface area contributed by atoms with Crippen LogP contribution >= 0.6 is 37.2 Å². The van der Waals surface area contributed by atoms with E-state index in [0.717, 1.165) is 18.7 Å². The molecule has 2 rings (SSSR count). The molecule has 1 fully saturated rings. The molecule has 150 valence electrons. The molecule has 0 radical (unpaired) electrons. The molecule has 0 aliphatic carbocycles. The van der Waals surface area contributed by atoms with Gasteiger partial charge in [0.15, 0.2) is 11.7 Å². The van der Waals surface area contributed by atoms with Gasteiger partial charge in [-0.15, -0.1) is 37.2 Å². The van der Waals surface area contributed by atoms with Crippen molar-refractivity contribution in [3.05, 3.63) is 29.8 Å². The third kappa shape index (κ3) is 10.1. The van der Waals surface area contributed by atoms with Crippen LogP contribution in [0.5, 0.6) is 5.75 Å². The lowest BCUT2D eigenvalue weighted by molar-refractivity contribution is 0.220. The Labute approximate surface area is 174 Å². The first kappa shape index (κ1) is 27.0. The summed E-state index contributed by atoms with van der Waals surface area (Å²) in [5, 5.41) is 17.3. The second-order valence-electron chi connectivity index (χ2n) is 5.90. The third-order valence-electron chi connectivity index (χ3n) is 3.91. The van der Waals surface area contributed by atoms with E-state index in [9.17, 15) is 0 Å². The van der Waals surface area contributed by atoms with Gasteiger partial charge in [0, 0.05) is 13.1 Å². The average Bonchev–Trinajstić information content (AvgIpc) is 2.55. The van der Waals surface area contributed by atoms with E-state index >= 15 is 0 Å². The zero-order valence-electron chi connectivity index (χ0n) is 14.8. The predicted molar refractivity (Wildman–Crippen MR) is 115 cm³/mol. The molecule has 1 aliphatic heterocycles. The van der Waals surface area contributed by atoms with Crippen LogP contribution in [0, 0.1) is 10.8 Å². The van der Waals surface area contributed by atoms with Gasteiger partial charge in [0.05, 0.1) is 6.61 Å². The van der Waals surface area contributed by atoms with Gasteiger partial charge in [0.25, 0.3) is 0 Å². The van der Waals surface area contributed by atoms with Crippen molar-refractivity contribution < 1.29 is 4.74 Å². The van der Waals surface area contributed by atoms with Crippen molar-refractivity contribution in [1.82, 2.24) is 10.2 Å². The molecule has 1 aromatic carbocycles. The van der Waals surface area contributed by atoms with Crippen LogP contribution in [0.25, 0.3) is 0 Å². The molecule has 0 aromatic heterocycles. The predicted octanol–water partition coefficient (Wildman–Crippen LogP) is 3.21. The van der Waals surface area contributed by atoms with Crippen molar-refractivity contribution in [3.8, 4) is 5.75 Å². The van der Waals surface area contributed by atoms with E-state index < -0.39 is 0 Å². The molecule has 1 saturated heterocycles. The van der Waals surface area contributed by atoms with E-state index in [1.54, 1.807) is 0 Å². The monoisotopic (exact) mass is 425 g/mol. The number of hydrogen-bond acceptors (Lipinski definition) is 4. The molecular weight excluding hydrogens is 397 g/mol. The topological polar surface area (TPSA) is 98.2 Å². The number of benzene rings is 1. The van der Waals surface area contributed by atoms with Crippen LogP contribution in [0.1, 0.15) is 31.2 Å². The summed E-state index contributed by atoms with van der Waals surface area (Å²) in [7, 11) is 0. The molecule has 0 unspecified atom stereocenters. The molecule has 1 heterocycles. The van der Waals surface area contributed by atoms with Crippen LogP contribution < -0.4 is 15.8 Å². The van der Waals surface area contributed by atoms with Crippen molar-refractivity contribution >= 4 is 48.9 Å². The Kier molecular flexibility index (Phi) is 15.5. The summed E-state index contributed by atoms with van der Waals surface area (Å²) in [6, 6.07) is 8.28. The highest BCUT2D eigenvalue weighted by molar-refractivity contribution is 6.37. The molecule has 5 N–H and O–H groups in total. The van der Waals surface area contributed by atoms with Gasteiger partial charge in [-0.25, -0.2) is 0 Å². The Balaban J connectivity index is 0. The Bertz CT molecular complexity index is 539. The van der Waals surface area contributed by atoms with Crippen LogP contribution in [0.2, 0.25) is 0 Å². The summed E-state index contributed by atoms with van der Waals surface area (Å²) < 4.78 is 5.76. The number of nitrogens with two attached hydrogens (primary N) is 1. The molecule has 0 saturated carbocycles. The highest BCUT2D eigenvalue weighted by Crippen LogP contribution is 2.17. The highest BCUT2D eigenvalue weighted by Gasteiger charge is 2.10. The van der Waals surface area contributed by atoms with Gasteiger partial charge < -0.3 is 15.8 Å². The lowest BCUT2D eigenvalue weighted by Gasteiger charge is -2.26. The second kappa shape index (κ2) is 14.9. The van der Waals surface area contributed by atoms with Crippen molar-refractivity contribution in [2.45, 2.75) is 32.2 Å². The second-order valence-corrected chi connectivity index (χ2v) is 5.90. The van der Waals surface area contributed by atoms with Crippen LogP contribution in [0.3, 0.4) is 0 Å². The van der Waals surface area contributed by atoms with Gasteiger partial charge in [0.2, 0.25) is 0 Å². The largest absolute Gasteiger partial charge is 0.494 e. The minimum absolute atomic E-state index is 0. The molecule has 0 spiro atoms. The summed E-state index contributed by atoms with van der Waals surface area (Å²) in [6.07, 6.45) is 4.72. The lowest BCUT2D eigenvalue weighted by atomic mass is 10.1. The van der Waals surface area contributed by atoms with Gasteiger partial charge in [-0.2, -0.15) is 0 Å². The van der Waals surface area contributed by atoms with E-state index in [-0.39, 0.29) is 48.9 Å². The Morgan fingerprint density at radius 1 is 1.12 bits per heavy atom. The molecule has 0 bridgehead atoms. The number of piperidine rings is 1. The fourth-order valence-electron chi connectivity index (χ4n) is 2.68. The Morgan fingerprint density at radius 3 is 2.46 bits per heavy atom. The van der Waals surface area contributed by atoms with Crippen molar-refractivity contribution in [1.29, 1.82) is 10.8 Å². The van der Waals surface area contributed by atoms with Gasteiger partial charge in [-0.1, -0.05) is 18.6 Å². The number of nitrogens with one attached hydrogen (secondary N) is 3. The number of halogens is 3. The molecule has 0 amide bonds. The van der Waals surface area contributed by atoms with Crippen molar-refractivity contribution in [3.63, 3.8) is 0 Å². The molecule has 0 atom stereocenters. The number of nitrogens with zero attached hydrogens (tertiary/aromatic N) is 1. The standard InChI is InChI=1S/C17H27N5O.3ClH/c18-16(19)17(20)21-8-5-11-23-15-7-4-6-14(12-15)13-22-9-2-1-3-10-22;;;/h4,6-7,12H,1-3,5,8-11,13H2,(H3,18,19)(H2,20,21);3*1H. The molecule has 1 aliphatic rings. The number of amidine groups is 2. The van der Waals surface area contributed by atoms with E-state index in [0.29, 0.717) is 13.2 Å². The van der Waals surface area contributed by atoms with Crippen LogP contribution in [0.15, 0.2) is 24.3 Å². The Morgan fingerprint density at radius 2 is 1.81 bits per heavy atom. The molecule has 6 nitrogen and oxygen atoms in total. The molecule has 1 aromatic rings. The molecule has 26 heavy (non-hydrogen) atoms. The minimum Gasteiger partial charge on any atom is -0.494 e. The number of rotatable bonds is 7. The molecule has 9 heteroatoms. The van der Waals surface area contributed by atoms with Gasteiger partial charge in [-0.3, -0.25) is 15.7 Å². The maximum Gasteiger partial charge on any atom is 0.160 e. The summed E-state index contributed by atoms with van der Waals surface area (Å²) in [5.41, 5.74) is 6.49. The minimum atomic E-state index is -0.240.